The molecule has 0 bridgehead atoms. The number of ketones is 1. The molecule has 0 saturated carbocycles. The Morgan fingerprint density at radius 3 is 2.70 bits per heavy atom. The van der Waals surface area contributed by atoms with E-state index in [9.17, 15) is 4.79 Å². The highest BCUT2D eigenvalue weighted by Crippen LogP contribution is 1.99. The standard InChI is InChI=1S/C8H14O2/c1-2-3-4-5-6-8(10)7-9/h2,9H,1,3-7H2. The van der Waals surface area contributed by atoms with Gasteiger partial charge in [0.2, 0.25) is 0 Å². The van der Waals surface area contributed by atoms with Crippen LogP contribution in [0.15, 0.2) is 12.7 Å². The van der Waals surface area contributed by atoms with Crippen LogP contribution >= 0.6 is 0 Å². The number of hydrogen-bond acceptors (Lipinski definition) is 2. The number of aliphatic hydroxyl groups excluding tert-OH is 1. The molecule has 58 valence electrons. The van der Waals surface area contributed by atoms with E-state index in [1.54, 1.807) is 0 Å². The fourth-order valence-corrected chi connectivity index (χ4v) is 0.690. The van der Waals surface area contributed by atoms with Gasteiger partial charge in [0.05, 0.1) is 0 Å². The summed E-state index contributed by atoms with van der Waals surface area (Å²) < 4.78 is 0. The summed E-state index contributed by atoms with van der Waals surface area (Å²) in [5, 5.41) is 8.32. The summed E-state index contributed by atoms with van der Waals surface area (Å²) in [5.41, 5.74) is 0. The molecule has 0 aliphatic rings. The predicted molar refractivity (Wildman–Crippen MR) is 40.8 cm³/mol. The number of Topliss-reactive ketones (excluding diaryl/α,β-unsaturated/α-hetero) is 1. The molecule has 0 aliphatic heterocycles. The lowest BCUT2D eigenvalue weighted by molar-refractivity contribution is -0.121. The molecule has 0 amide bonds. The quantitative estimate of drug-likeness (QED) is 0.448. The molecule has 2 heteroatoms. The highest BCUT2D eigenvalue weighted by molar-refractivity contribution is 5.79. The van der Waals surface area contributed by atoms with Crippen molar-refractivity contribution in [3.05, 3.63) is 12.7 Å². The van der Waals surface area contributed by atoms with Crippen LogP contribution in [0.4, 0.5) is 0 Å². The summed E-state index contributed by atoms with van der Waals surface area (Å²) >= 11 is 0. The Labute approximate surface area is 61.6 Å². The minimum absolute atomic E-state index is 0.0657. The largest absolute Gasteiger partial charge is 0.389 e. The first-order valence-corrected chi connectivity index (χ1v) is 3.54. The summed E-state index contributed by atoms with van der Waals surface area (Å²) in [7, 11) is 0. The maximum absolute atomic E-state index is 10.5. The zero-order valence-electron chi connectivity index (χ0n) is 6.18. The van der Waals surface area contributed by atoms with Gasteiger partial charge in [0.25, 0.3) is 0 Å². The van der Waals surface area contributed by atoms with Gasteiger partial charge in [-0.15, -0.1) is 6.58 Å². The number of hydrogen-bond donors (Lipinski definition) is 1. The molecule has 0 rings (SSSR count). The third-order valence-corrected chi connectivity index (χ3v) is 1.29. The molecule has 0 radical (unpaired) electrons. The van der Waals surface area contributed by atoms with Crippen LogP contribution in [-0.4, -0.2) is 17.5 Å². The van der Waals surface area contributed by atoms with Crippen molar-refractivity contribution in [1.29, 1.82) is 0 Å². The van der Waals surface area contributed by atoms with Gasteiger partial charge in [-0.3, -0.25) is 4.79 Å². The Morgan fingerprint density at radius 2 is 2.20 bits per heavy atom. The van der Waals surface area contributed by atoms with Crippen LogP contribution in [0.25, 0.3) is 0 Å². The highest BCUT2D eigenvalue weighted by atomic mass is 16.3. The third-order valence-electron chi connectivity index (χ3n) is 1.29. The molecular formula is C8H14O2. The van der Waals surface area contributed by atoms with E-state index in [0.717, 1.165) is 19.3 Å². The molecule has 0 heterocycles. The molecule has 2 nitrogen and oxygen atoms in total. The Bertz CT molecular complexity index is 108. The Kier molecular flexibility index (Phi) is 6.08. The van der Waals surface area contributed by atoms with Gasteiger partial charge in [-0.25, -0.2) is 0 Å². The van der Waals surface area contributed by atoms with Crippen LogP contribution < -0.4 is 0 Å². The lowest BCUT2D eigenvalue weighted by Gasteiger charge is -1.94. The number of carbonyl (C=O) groups is 1. The number of carbonyl (C=O) groups excluding carboxylic acids is 1. The molecule has 0 fully saturated rings. The summed E-state index contributed by atoms with van der Waals surface area (Å²) in [6, 6.07) is 0. The zero-order valence-corrected chi connectivity index (χ0v) is 6.18. The molecule has 0 aliphatic carbocycles. The second-order valence-corrected chi connectivity index (χ2v) is 2.23. The molecule has 0 atom stereocenters. The second kappa shape index (κ2) is 6.49. The van der Waals surface area contributed by atoms with Gasteiger partial charge in [0.15, 0.2) is 5.78 Å². The van der Waals surface area contributed by atoms with E-state index in [0.29, 0.717) is 6.42 Å². The minimum Gasteiger partial charge on any atom is -0.389 e. The Morgan fingerprint density at radius 1 is 1.50 bits per heavy atom. The van der Waals surface area contributed by atoms with Crippen LogP contribution in [-0.2, 0) is 4.79 Å². The first-order valence-electron chi connectivity index (χ1n) is 3.54. The lowest BCUT2D eigenvalue weighted by Crippen LogP contribution is -2.02. The number of rotatable bonds is 6. The molecule has 1 N–H and O–H groups in total. The molecule has 0 aromatic rings. The molecule has 0 aromatic heterocycles. The fourth-order valence-electron chi connectivity index (χ4n) is 0.690. The molecule has 0 aromatic carbocycles. The highest BCUT2D eigenvalue weighted by Gasteiger charge is 1.96. The van der Waals surface area contributed by atoms with Crippen LogP contribution in [0.1, 0.15) is 25.7 Å². The van der Waals surface area contributed by atoms with E-state index < -0.39 is 0 Å². The summed E-state index contributed by atoms with van der Waals surface area (Å²) in [6.07, 6.45) is 5.16. The maximum Gasteiger partial charge on any atom is 0.158 e. The average Bonchev–Trinajstić information content (AvgIpc) is 1.98. The fraction of sp³-hybridized carbons (Fsp3) is 0.625. The van der Waals surface area contributed by atoms with Crippen LogP contribution in [0.2, 0.25) is 0 Å². The molecule has 0 spiro atoms. The zero-order chi connectivity index (χ0) is 7.82. The monoisotopic (exact) mass is 142 g/mol. The molecule has 0 unspecified atom stereocenters. The first kappa shape index (κ1) is 9.37. The van der Waals surface area contributed by atoms with Crippen LogP contribution in [0.5, 0.6) is 0 Å². The van der Waals surface area contributed by atoms with Crippen molar-refractivity contribution in [3.8, 4) is 0 Å². The maximum atomic E-state index is 10.5. The van der Waals surface area contributed by atoms with Gasteiger partial charge in [0.1, 0.15) is 6.61 Å². The minimum atomic E-state index is -0.311. The van der Waals surface area contributed by atoms with Crippen molar-refractivity contribution in [2.75, 3.05) is 6.61 Å². The molecule has 10 heavy (non-hydrogen) atoms. The van der Waals surface area contributed by atoms with Crippen molar-refractivity contribution in [2.45, 2.75) is 25.7 Å². The normalized spacial score (nSPS) is 9.30. The second-order valence-electron chi connectivity index (χ2n) is 2.23. The molecular weight excluding hydrogens is 128 g/mol. The average molecular weight is 142 g/mol. The van der Waals surface area contributed by atoms with Gasteiger partial charge in [0, 0.05) is 6.42 Å². The van der Waals surface area contributed by atoms with E-state index in [1.807, 2.05) is 6.08 Å². The summed E-state index contributed by atoms with van der Waals surface area (Å²) in [5.74, 6) is -0.0657. The number of allylic oxidation sites excluding steroid dienone is 1. The Balaban J connectivity index is 3.03. The Hall–Kier alpha value is -0.630. The SMILES string of the molecule is C=CCCCCC(=O)CO. The third kappa shape index (κ3) is 5.51. The van der Waals surface area contributed by atoms with Crippen molar-refractivity contribution >= 4 is 5.78 Å². The first-order chi connectivity index (χ1) is 4.81. The lowest BCUT2D eigenvalue weighted by atomic mass is 10.1. The summed E-state index contributed by atoms with van der Waals surface area (Å²) in [6.45, 7) is 3.25. The van der Waals surface area contributed by atoms with E-state index >= 15 is 0 Å². The smallest absolute Gasteiger partial charge is 0.158 e. The van der Waals surface area contributed by atoms with Crippen LogP contribution in [0.3, 0.4) is 0 Å². The van der Waals surface area contributed by atoms with Crippen molar-refractivity contribution in [1.82, 2.24) is 0 Å². The van der Waals surface area contributed by atoms with Gasteiger partial charge in [-0.2, -0.15) is 0 Å². The van der Waals surface area contributed by atoms with Gasteiger partial charge < -0.3 is 5.11 Å². The van der Waals surface area contributed by atoms with Crippen molar-refractivity contribution in [2.24, 2.45) is 0 Å². The molecule has 0 saturated heterocycles. The van der Waals surface area contributed by atoms with Gasteiger partial charge >= 0.3 is 0 Å². The van der Waals surface area contributed by atoms with E-state index in [2.05, 4.69) is 6.58 Å². The van der Waals surface area contributed by atoms with E-state index in [1.165, 1.54) is 0 Å². The van der Waals surface area contributed by atoms with E-state index in [4.69, 9.17) is 5.11 Å². The van der Waals surface area contributed by atoms with E-state index in [-0.39, 0.29) is 12.4 Å². The van der Waals surface area contributed by atoms with Crippen LogP contribution in [0, 0.1) is 0 Å². The predicted octanol–water partition coefficient (Wildman–Crippen LogP) is 1.29. The topological polar surface area (TPSA) is 37.3 Å². The number of aliphatic hydroxyl groups is 1. The van der Waals surface area contributed by atoms with Gasteiger partial charge in [-0.05, 0) is 19.3 Å². The van der Waals surface area contributed by atoms with Gasteiger partial charge in [-0.1, -0.05) is 6.08 Å². The van der Waals surface area contributed by atoms with Crippen molar-refractivity contribution in [3.63, 3.8) is 0 Å². The summed E-state index contributed by atoms with van der Waals surface area (Å²) in [4.78, 5) is 10.5. The number of unbranched alkanes of at least 4 members (excludes halogenated alkanes) is 2. The van der Waals surface area contributed by atoms with Crippen molar-refractivity contribution < 1.29 is 9.90 Å².